The Morgan fingerprint density at radius 2 is 1.81 bits per heavy atom. The minimum absolute atomic E-state index is 0.123. The van der Waals surface area contributed by atoms with Crippen molar-refractivity contribution in [2.75, 3.05) is 0 Å². The Hall–Kier alpha value is -3.40. The zero-order valence-electron chi connectivity index (χ0n) is 14.3. The minimum Gasteiger partial charge on any atom is -0.489 e. The van der Waals surface area contributed by atoms with E-state index in [2.05, 4.69) is 24.0 Å². The van der Waals surface area contributed by atoms with Crippen molar-refractivity contribution in [2.24, 2.45) is 0 Å². The molecule has 4 nitrogen and oxygen atoms in total. The van der Waals surface area contributed by atoms with Gasteiger partial charge in [-0.2, -0.15) is 0 Å². The van der Waals surface area contributed by atoms with Gasteiger partial charge in [0.15, 0.2) is 5.76 Å². The number of Topliss-reactive ketones (excluding diaryl/α,β-unsaturated/α-hetero) is 1. The van der Waals surface area contributed by atoms with Crippen LogP contribution in [-0.2, 0) is 6.61 Å². The summed E-state index contributed by atoms with van der Waals surface area (Å²) in [5.41, 5.74) is 3.72. The first-order valence-corrected chi connectivity index (χ1v) is 8.36. The lowest BCUT2D eigenvalue weighted by atomic mass is 10.1. The monoisotopic (exact) mass is 343 g/mol. The number of benzene rings is 2. The van der Waals surface area contributed by atoms with Crippen LogP contribution in [-0.4, -0.2) is 10.8 Å². The lowest BCUT2D eigenvalue weighted by Crippen LogP contribution is -1.98. The van der Waals surface area contributed by atoms with Crippen LogP contribution < -0.4 is 9.47 Å². The normalized spacial score (nSPS) is 14.2. The third-order valence-electron chi connectivity index (χ3n) is 4.17. The number of allylic oxidation sites excluding steroid dienone is 1. The van der Waals surface area contributed by atoms with Crippen molar-refractivity contribution >= 4 is 11.9 Å². The van der Waals surface area contributed by atoms with E-state index in [-0.39, 0.29) is 5.78 Å². The van der Waals surface area contributed by atoms with Crippen molar-refractivity contribution in [2.45, 2.75) is 13.5 Å². The van der Waals surface area contributed by atoms with E-state index in [0.717, 1.165) is 11.1 Å². The lowest BCUT2D eigenvalue weighted by molar-refractivity contribution is 0.101. The third kappa shape index (κ3) is 3.35. The number of carbonyl (C=O) groups is 1. The molecule has 4 rings (SSSR count). The van der Waals surface area contributed by atoms with E-state index in [1.54, 1.807) is 36.7 Å². The van der Waals surface area contributed by atoms with Crippen LogP contribution in [0.15, 0.2) is 72.8 Å². The van der Waals surface area contributed by atoms with Crippen molar-refractivity contribution in [3.05, 3.63) is 95.0 Å². The molecule has 1 aliphatic heterocycles. The van der Waals surface area contributed by atoms with Gasteiger partial charge in [-0.15, -0.1) is 0 Å². The highest BCUT2D eigenvalue weighted by molar-refractivity contribution is 6.14. The first-order valence-electron chi connectivity index (χ1n) is 8.36. The molecule has 0 N–H and O–H groups in total. The summed E-state index contributed by atoms with van der Waals surface area (Å²) in [5.74, 6) is 1.38. The van der Waals surface area contributed by atoms with Gasteiger partial charge in [0.2, 0.25) is 5.78 Å². The molecule has 0 saturated heterocycles. The summed E-state index contributed by atoms with van der Waals surface area (Å²) in [4.78, 5) is 16.4. The maximum atomic E-state index is 12.5. The predicted molar refractivity (Wildman–Crippen MR) is 99.1 cm³/mol. The van der Waals surface area contributed by atoms with Crippen molar-refractivity contribution in [3.8, 4) is 11.5 Å². The number of hydrogen-bond donors (Lipinski definition) is 0. The quantitative estimate of drug-likeness (QED) is 0.650. The average Bonchev–Trinajstić information content (AvgIpc) is 2.97. The lowest BCUT2D eigenvalue weighted by Gasteiger charge is -2.07. The Labute approximate surface area is 151 Å². The second-order valence-corrected chi connectivity index (χ2v) is 6.15. The Bertz CT molecular complexity index is 976. The van der Waals surface area contributed by atoms with E-state index >= 15 is 0 Å². The van der Waals surface area contributed by atoms with E-state index in [0.29, 0.717) is 29.4 Å². The first kappa shape index (κ1) is 16.1. The van der Waals surface area contributed by atoms with Gasteiger partial charge in [-0.05, 0) is 48.4 Å². The first-order chi connectivity index (χ1) is 12.7. The largest absolute Gasteiger partial charge is 0.489 e. The van der Waals surface area contributed by atoms with Crippen molar-refractivity contribution < 1.29 is 14.3 Å². The minimum atomic E-state index is -0.123. The number of rotatable bonds is 4. The summed E-state index contributed by atoms with van der Waals surface area (Å²) in [6.45, 7) is 2.52. The van der Waals surface area contributed by atoms with E-state index in [1.807, 2.05) is 24.3 Å². The third-order valence-corrected chi connectivity index (χ3v) is 4.17. The fourth-order valence-corrected chi connectivity index (χ4v) is 2.72. The van der Waals surface area contributed by atoms with Gasteiger partial charge in [0.25, 0.3) is 0 Å². The SMILES string of the molecule is Cc1ccc(COc2ccc3c(c2)OC(=Cc2ccncc2)C3=O)cc1. The van der Waals surface area contributed by atoms with Gasteiger partial charge in [0.05, 0.1) is 5.56 Å². The van der Waals surface area contributed by atoms with Crippen LogP contribution in [0, 0.1) is 6.92 Å². The fourth-order valence-electron chi connectivity index (χ4n) is 2.72. The molecule has 128 valence electrons. The molecule has 0 spiro atoms. The fraction of sp³-hybridized carbons (Fsp3) is 0.0909. The van der Waals surface area contributed by atoms with Crippen LogP contribution in [0.5, 0.6) is 11.5 Å². The number of ether oxygens (including phenoxy) is 2. The van der Waals surface area contributed by atoms with Crippen LogP contribution in [0.3, 0.4) is 0 Å². The molecule has 0 bridgehead atoms. The molecule has 4 heteroatoms. The Balaban J connectivity index is 1.50. The second-order valence-electron chi connectivity index (χ2n) is 6.15. The highest BCUT2D eigenvalue weighted by Gasteiger charge is 2.27. The smallest absolute Gasteiger partial charge is 0.231 e. The molecule has 2 heterocycles. The Morgan fingerprint density at radius 1 is 1.04 bits per heavy atom. The van der Waals surface area contributed by atoms with E-state index < -0.39 is 0 Å². The molecule has 3 aromatic rings. The molecule has 26 heavy (non-hydrogen) atoms. The molecular formula is C22H17NO3. The van der Waals surface area contributed by atoms with E-state index in [9.17, 15) is 4.79 Å². The topological polar surface area (TPSA) is 48.4 Å². The van der Waals surface area contributed by atoms with E-state index in [1.165, 1.54) is 5.56 Å². The molecule has 0 radical (unpaired) electrons. The molecule has 1 aromatic heterocycles. The van der Waals surface area contributed by atoms with Crippen LogP contribution in [0.2, 0.25) is 0 Å². The maximum Gasteiger partial charge on any atom is 0.231 e. The summed E-state index contributed by atoms with van der Waals surface area (Å²) in [7, 11) is 0. The number of pyridine rings is 1. The van der Waals surface area contributed by atoms with E-state index in [4.69, 9.17) is 9.47 Å². The Morgan fingerprint density at radius 3 is 2.58 bits per heavy atom. The molecule has 0 unspecified atom stereocenters. The zero-order chi connectivity index (χ0) is 17.9. The summed E-state index contributed by atoms with van der Waals surface area (Å²) >= 11 is 0. The van der Waals surface area contributed by atoms with Crippen LogP contribution in [0.1, 0.15) is 27.0 Å². The number of aromatic nitrogens is 1. The van der Waals surface area contributed by atoms with Crippen molar-refractivity contribution in [1.82, 2.24) is 4.98 Å². The molecule has 0 saturated carbocycles. The van der Waals surface area contributed by atoms with Crippen molar-refractivity contribution in [1.29, 1.82) is 0 Å². The molecular weight excluding hydrogens is 326 g/mol. The number of hydrogen-bond acceptors (Lipinski definition) is 4. The standard InChI is InChI=1S/C22H17NO3/c1-15-2-4-17(5-3-15)14-25-18-6-7-19-20(13-18)26-21(22(19)24)12-16-8-10-23-11-9-16/h2-13H,14H2,1H3. The van der Waals surface area contributed by atoms with Gasteiger partial charge in [0, 0.05) is 18.5 Å². The Kier molecular flexibility index (Phi) is 4.23. The molecule has 2 aromatic carbocycles. The molecule has 1 aliphatic rings. The summed E-state index contributed by atoms with van der Waals surface area (Å²) in [6, 6.07) is 17.1. The summed E-state index contributed by atoms with van der Waals surface area (Å²) in [5, 5.41) is 0. The molecule has 0 fully saturated rings. The maximum absolute atomic E-state index is 12.5. The van der Waals surface area contributed by atoms with Gasteiger partial charge in [-0.1, -0.05) is 29.8 Å². The predicted octanol–water partition coefficient (Wildman–Crippen LogP) is 4.59. The van der Waals surface area contributed by atoms with Gasteiger partial charge < -0.3 is 9.47 Å². The van der Waals surface area contributed by atoms with Gasteiger partial charge in [-0.3, -0.25) is 9.78 Å². The summed E-state index contributed by atoms with van der Waals surface area (Å²) < 4.78 is 11.6. The number of carbonyl (C=O) groups excluding carboxylic acids is 1. The molecule has 0 aliphatic carbocycles. The van der Waals surface area contributed by atoms with Crippen LogP contribution in [0.4, 0.5) is 0 Å². The highest BCUT2D eigenvalue weighted by atomic mass is 16.5. The number of ketones is 1. The van der Waals surface area contributed by atoms with Crippen LogP contribution >= 0.6 is 0 Å². The number of nitrogens with zero attached hydrogens (tertiary/aromatic N) is 1. The number of fused-ring (bicyclic) bond motifs is 1. The van der Waals surface area contributed by atoms with Crippen molar-refractivity contribution in [3.63, 3.8) is 0 Å². The highest BCUT2D eigenvalue weighted by Crippen LogP contribution is 2.35. The second kappa shape index (κ2) is 6.84. The number of aryl methyl sites for hydroxylation is 1. The molecule has 0 amide bonds. The van der Waals surface area contributed by atoms with Gasteiger partial charge in [-0.25, -0.2) is 0 Å². The van der Waals surface area contributed by atoms with Gasteiger partial charge in [0.1, 0.15) is 18.1 Å². The summed E-state index contributed by atoms with van der Waals surface area (Å²) in [6.07, 6.45) is 5.07. The molecule has 0 atom stereocenters. The van der Waals surface area contributed by atoms with Gasteiger partial charge >= 0.3 is 0 Å². The average molecular weight is 343 g/mol. The zero-order valence-corrected chi connectivity index (χ0v) is 14.3. The van der Waals surface area contributed by atoms with Crippen LogP contribution in [0.25, 0.3) is 6.08 Å².